The van der Waals surface area contributed by atoms with Gasteiger partial charge in [0.05, 0.1) is 99.5 Å². The molecule has 0 aliphatic carbocycles. The van der Waals surface area contributed by atoms with E-state index in [4.69, 9.17) is 5.48 Å². The minimum Gasteiger partial charge on any atom is -0.310 e. The predicted molar refractivity (Wildman–Crippen MR) is 298 cm³/mol. The summed E-state index contributed by atoms with van der Waals surface area (Å²) in [5.74, 6) is 0. The molecule has 0 spiro atoms. The highest BCUT2D eigenvalue weighted by Gasteiger charge is 2.46. The van der Waals surface area contributed by atoms with Crippen LogP contribution in [0.3, 0.4) is 0 Å². The van der Waals surface area contributed by atoms with Crippen LogP contribution in [-0.2, 0) is 10.8 Å². The summed E-state index contributed by atoms with van der Waals surface area (Å²) in [6.07, 6.45) is 0. The normalized spacial score (nSPS) is 19.4. The van der Waals surface area contributed by atoms with Crippen LogP contribution in [0.25, 0.3) is 75.2 Å². The van der Waals surface area contributed by atoms with Gasteiger partial charge in [-0.3, -0.25) is 0 Å². The van der Waals surface area contributed by atoms with Gasteiger partial charge in [0.15, 0.2) is 0 Å². The minimum absolute atomic E-state index is 0.0161. The molecule has 332 valence electrons. The number of anilines is 6. The first-order valence-corrected chi connectivity index (χ1v) is 23.0. The summed E-state index contributed by atoms with van der Waals surface area (Å²) in [6.45, 7) is 8.13. The second-order valence-electron chi connectivity index (χ2n) is 19.4. The minimum atomic E-state index is -2.02. The Balaban J connectivity index is 1.24. The molecule has 0 radical (unpaired) electrons. The fourth-order valence-corrected chi connectivity index (χ4v) is 11.2. The number of hydrogen-bond donors (Lipinski definition) is 0. The number of aromatic nitrogens is 2. The van der Waals surface area contributed by atoms with Gasteiger partial charge in [-0.05, 0) is 117 Å². The molecular formula is C63H46BN5S. The van der Waals surface area contributed by atoms with Crippen molar-refractivity contribution in [2.45, 2.75) is 52.4 Å². The quantitative estimate of drug-likeness (QED) is 0.162. The summed E-state index contributed by atoms with van der Waals surface area (Å²) in [7, 11) is 0. The fraction of sp³-hybridized carbons (Fsp3) is 0.127. The Morgan fingerprint density at radius 3 is 1.83 bits per heavy atom. The molecule has 0 atom stereocenters. The zero-order chi connectivity index (χ0) is 71.5. The van der Waals surface area contributed by atoms with Crippen molar-refractivity contribution in [2.75, 3.05) is 9.80 Å². The number of hydrogen-bond acceptors (Lipinski definition) is 4. The smallest absolute Gasteiger partial charge is 0.252 e. The van der Waals surface area contributed by atoms with Crippen LogP contribution in [-0.4, -0.2) is 15.8 Å². The van der Waals surface area contributed by atoms with Gasteiger partial charge in [0.25, 0.3) is 6.71 Å². The first-order chi connectivity index (χ1) is 45.7. The lowest BCUT2D eigenvalue weighted by Gasteiger charge is -2.46. The topological polar surface area (TPSA) is 40.1 Å². The van der Waals surface area contributed by atoms with Crippen LogP contribution in [0.4, 0.5) is 34.1 Å². The maximum Gasteiger partial charge on any atom is 0.252 e. The summed E-state index contributed by atoms with van der Waals surface area (Å²) >= 11 is 0.590. The van der Waals surface area contributed by atoms with Crippen molar-refractivity contribution in [3.05, 3.63) is 186 Å². The summed E-state index contributed by atoms with van der Waals surface area (Å²) in [4.78, 5) is 2.04. The van der Waals surface area contributed by atoms with Gasteiger partial charge in [-0.1, -0.05) is 132 Å². The predicted octanol–water partition coefficient (Wildman–Crippen LogP) is 15.1. The van der Waals surface area contributed by atoms with Crippen LogP contribution in [0.2, 0.25) is 0 Å². The SMILES string of the molecule is [2H]c1c([2H])c2c3c(c1[2H])-n1c4c([2H])c([2H])c([2H])c([2H])c4c4c([2H])c([2H])c([2H])c(c41)N3c1c([2H])c(C#N)c([2H])c3c1B2c1c([2H])c([2H])c(-n2c4c([2H])c([2H])c(C(C)(C)C)c([2H])c4c4c([2H])c(C(C)(C)C)c([2H])c([2H])c42)c([2H])c1N3c1c([2H])c([2H])c([2H])c2c1sc1c([2H])c([2H])c([2H])c([2H])c12. The van der Waals surface area contributed by atoms with Crippen molar-refractivity contribution in [1.82, 2.24) is 9.13 Å². The van der Waals surface area contributed by atoms with E-state index in [9.17, 15) is 38.2 Å². The molecule has 0 unspecified atom stereocenters. The lowest BCUT2D eigenvalue weighted by Crippen LogP contribution is -2.61. The van der Waals surface area contributed by atoms with Crippen LogP contribution in [0, 0.1) is 11.3 Å². The Morgan fingerprint density at radius 2 is 1.10 bits per heavy atom. The average Bonchev–Trinajstić information content (AvgIpc) is 1.20. The molecular weight excluding hydrogens is 870 g/mol. The van der Waals surface area contributed by atoms with Gasteiger partial charge in [-0.15, -0.1) is 11.3 Å². The first-order valence-electron chi connectivity index (χ1n) is 36.2. The zero-order valence-electron chi connectivity index (χ0n) is 65.7. The largest absolute Gasteiger partial charge is 0.310 e. The Morgan fingerprint density at radius 1 is 0.486 bits per heavy atom. The van der Waals surface area contributed by atoms with Gasteiger partial charge in [-0.2, -0.15) is 5.26 Å². The van der Waals surface area contributed by atoms with E-state index in [1.54, 1.807) is 41.5 Å². The van der Waals surface area contributed by atoms with E-state index in [0.717, 1.165) is 18.9 Å². The van der Waals surface area contributed by atoms with Crippen molar-refractivity contribution in [2.24, 2.45) is 0 Å². The molecule has 6 heterocycles. The lowest BCUT2D eigenvalue weighted by atomic mass is 9.33. The zero-order valence-corrected chi connectivity index (χ0v) is 38.5. The molecule has 0 N–H and O–H groups in total. The van der Waals surface area contributed by atoms with Gasteiger partial charge in [0.2, 0.25) is 0 Å². The molecule has 0 fully saturated rings. The molecule has 0 amide bonds. The summed E-state index contributed by atoms with van der Waals surface area (Å²) in [6, 6.07) is -19.5. The Labute approximate surface area is 450 Å². The number of nitriles is 1. The number of rotatable bonds is 2. The summed E-state index contributed by atoms with van der Waals surface area (Å²) in [5.41, 5.74) is -10.8. The summed E-state index contributed by atoms with van der Waals surface area (Å²) in [5, 5.41) is 9.65. The number of nitrogens with zero attached hydrogens (tertiary/aromatic N) is 5. The van der Waals surface area contributed by atoms with E-state index in [-0.39, 0.29) is 58.4 Å². The molecule has 70 heavy (non-hydrogen) atoms. The van der Waals surface area contributed by atoms with E-state index < -0.39 is 271 Å². The molecule has 9 aromatic carbocycles. The highest BCUT2D eigenvalue weighted by Crippen LogP contribution is 2.54. The summed E-state index contributed by atoms with van der Waals surface area (Å²) < 4.78 is 274. The fourth-order valence-electron chi connectivity index (χ4n) is 10.2. The van der Waals surface area contributed by atoms with Crippen molar-refractivity contribution in [1.29, 1.82) is 5.26 Å². The second kappa shape index (κ2) is 13.6. The van der Waals surface area contributed by atoms with Crippen molar-refractivity contribution in [3.63, 3.8) is 0 Å². The van der Waals surface area contributed by atoms with Crippen LogP contribution < -0.4 is 26.2 Å². The highest BCUT2D eigenvalue weighted by atomic mass is 32.1. The molecule has 0 saturated carbocycles. The standard InChI is InChI=1S/C63H46BN5S/c1-62(2,3)37-24-28-49-44(32-37)45-33-38(63(4,5)6)25-29-50(45)66(49)39-26-27-46-54(34-39)67(53-22-12-17-43-41-15-8-10-23-57(41)70-61(43)53)55-30-36(35-65)31-56-58(55)64(46)47-18-13-21-52-60(47)69(56)51-20-11-16-42-40-14-7-9-19-48(40)68(52)59(42)51/h7-34H,1-6H3/i7D,8D,9D,10D,11D,12D,13D,14D,15D,16D,17D,18D,19D,20D,21D,22D,23D,24D,25D,26D,27D,28D,29D,30D,31D,32D,33D,34D. The maximum absolute atomic E-state index is 11.5. The molecule has 7 heteroatoms. The third-order valence-corrected chi connectivity index (χ3v) is 14.4. The molecule has 0 saturated heterocycles. The third kappa shape index (κ3) is 5.16. The molecule has 3 aliphatic heterocycles. The lowest BCUT2D eigenvalue weighted by molar-refractivity contribution is 0.590. The molecule has 3 aromatic heterocycles. The number of benzene rings is 9. The maximum atomic E-state index is 11.5. The van der Waals surface area contributed by atoms with Gasteiger partial charge >= 0.3 is 0 Å². The Hall–Kier alpha value is -8.05. The van der Waals surface area contributed by atoms with E-state index in [1.165, 1.54) is 0 Å². The molecule has 12 aromatic rings. The van der Waals surface area contributed by atoms with E-state index >= 15 is 0 Å². The van der Waals surface area contributed by atoms with Gasteiger partial charge in [0, 0.05) is 59.8 Å². The van der Waals surface area contributed by atoms with Gasteiger partial charge < -0.3 is 18.9 Å². The Kier molecular flexibility index (Phi) is 4.14. The Bertz CT molecular complexity index is 5960. The van der Waals surface area contributed by atoms with Crippen LogP contribution in [0.15, 0.2) is 169 Å². The van der Waals surface area contributed by atoms with E-state index in [1.807, 2.05) is 6.07 Å². The van der Waals surface area contributed by atoms with Crippen molar-refractivity contribution in [3.8, 4) is 17.4 Å². The number of thiophene rings is 1. The molecule has 0 bridgehead atoms. The first kappa shape index (κ1) is 21.3. The van der Waals surface area contributed by atoms with E-state index in [2.05, 4.69) is 0 Å². The molecule has 3 aliphatic rings. The second-order valence-corrected chi connectivity index (χ2v) is 20.5. The van der Waals surface area contributed by atoms with Crippen LogP contribution in [0.5, 0.6) is 0 Å². The van der Waals surface area contributed by atoms with Gasteiger partial charge in [-0.25, -0.2) is 0 Å². The number of para-hydroxylation sites is 3. The highest BCUT2D eigenvalue weighted by molar-refractivity contribution is 7.26. The third-order valence-electron chi connectivity index (χ3n) is 13.3. The van der Waals surface area contributed by atoms with E-state index in [0.29, 0.717) is 11.3 Å². The van der Waals surface area contributed by atoms with Crippen molar-refractivity contribution < 1.29 is 38.4 Å². The number of fused-ring (bicyclic) bond motifs is 15. The van der Waals surface area contributed by atoms with Crippen LogP contribution >= 0.6 is 11.3 Å². The van der Waals surface area contributed by atoms with Gasteiger partial charge in [0.1, 0.15) is 0 Å². The monoisotopic (exact) mass is 944 g/mol. The van der Waals surface area contributed by atoms with Crippen LogP contribution in [0.1, 0.15) is 96.6 Å². The average molecular weight is 944 g/mol. The molecule has 15 rings (SSSR count). The van der Waals surface area contributed by atoms with Crippen molar-refractivity contribution >= 4 is 132 Å². The molecule has 5 nitrogen and oxygen atoms in total.